The maximum absolute atomic E-state index is 7.03. The average Bonchev–Trinajstić information content (AvgIpc) is 2.83. The second kappa shape index (κ2) is 13.8. The molecule has 2 rings (SSSR count). The third-order valence-electron chi connectivity index (χ3n) is 6.42. The number of ether oxygens (including phenoxy) is 2. The summed E-state index contributed by atoms with van der Waals surface area (Å²) in [5.41, 5.74) is 0. The van der Waals surface area contributed by atoms with Crippen LogP contribution < -0.4 is 10.4 Å². The monoisotopic (exact) mass is 480 g/mol. The maximum atomic E-state index is 7.03. The number of methoxy groups -OCH3 is 1. The van der Waals surface area contributed by atoms with Gasteiger partial charge in [-0.25, -0.2) is 0 Å². The van der Waals surface area contributed by atoms with E-state index in [9.17, 15) is 0 Å². The molecule has 0 N–H and O–H groups in total. The Morgan fingerprint density at radius 2 is 1.50 bits per heavy atom. The minimum atomic E-state index is -2.46. The van der Waals surface area contributed by atoms with Crippen molar-refractivity contribution >= 4 is 18.7 Å². The third-order valence-corrected chi connectivity index (χ3v) is 11.5. The molecule has 0 radical (unpaired) electrons. The zero-order valence-electron chi connectivity index (χ0n) is 21.8. The van der Waals surface area contributed by atoms with E-state index in [-0.39, 0.29) is 17.4 Å². The van der Waals surface area contributed by atoms with Gasteiger partial charge in [0.2, 0.25) is 0 Å². The molecular formula is C30H44O3Si. The second-order valence-electron chi connectivity index (χ2n) is 10.1. The van der Waals surface area contributed by atoms with Crippen LogP contribution >= 0.6 is 0 Å². The van der Waals surface area contributed by atoms with E-state index in [2.05, 4.69) is 102 Å². The van der Waals surface area contributed by atoms with Crippen LogP contribution in [0.1, 0.15) is 53.4 Å². The quantitative estimate of drug-likeness (QED) is 0.126. The highest BCUT2D eigenvalue weighted by molar-refractivity contribution is 6.99. The lowest BCUT2D eigenvalue weighted by Crippen LogP contribution is -2.66. The second-order valence-corrected chi connectivity index (χ2v) is 14.4. The van der Waals surface area contributed by atoms with Crippen molar-refractivity contribution in [1.29, 1.82) is 0 Å². The molecule has 0 fully saturated rings. The molecule has 0 spiro atoms. The summed E-state index contributed by atoms with van der Waals surface area (Å²) in [6.07, 6.45) is 7.17. The predicted octanol–water partition coefficient (Wildman–Crippen LogP) is 6.49. The Morgan fingerprint density at radius 3 is 1.94 bits per heavy atom. The first-order valence-corrected chi connectivity index (χ1v) is 14.4. The van der Waals surface area contributed by atoms with Crippen LogP contribution in [0.3, 0.4) is 0 Å². The third kappa shape index (κ3) is 7.51. The van der Waals surface area contributed by atoms with Gasteiger partial charge in [-0.1, -0.05) is 101 Å². The van der Waals surface area contributed by atoms with Crippen molar-refractivity contribution in [1.82, 2.24) is 0 Å². The highest BCUT2D eigenvalue weighted by atomic mass is 28.4. The smallest absolute Gasteiger partial charge is 0.261 e. The fraction of sp³-hybridized carbons (Fsp3) is 0.467. The van der Waals surface area contributed by atoms with Crippen molar-refractivity contribution in [2.75, 3.05) is 13.7 Å². The lowest BCUT2D eigenvalue weighted by Gasteiger charge is -2.43. The summed E-state index contributed by atoms with van der Waals surface area (Å²) in [6.45, 7) is 17.7. The molecule has 0 aliphatic rings. The largest absolute Gasteiger partial charge is 0.407 e. The number of benzene rings is 2. The van der Waals surface area contributed by atoms with Gasteiger partial charge < -0.3 is 13.9 Å². The summed E-state index contributed by atoms with van der Waals surface area (Å²) < 4.78 is 18.4. The highest BCUT2D eigenvalue weighted by Gasteiger charge is 2.49. The van der Waals surface area contributed by atoms with Crippen molar-refractivity contribution in [2.24, 2.45) is 5.92 Å². The van der Waals surface area contributed by atoms with Crippen molar-refractivity contribution in [3.05, 3.63) is 86.0 Å². The van der Waals surface area contributed by atoms with Crippen LogP contribution in [0.2, 0.25) is 5.04 Å². The zero-order valence-corrected chi connectivity index (χ0v) is 22.8. The molecule has 0 aromatic heterocycles. The SMILES string of the molecule is C=CC[C@@H](C[C@@H](C)CCCO[Si](c1ccccc1)(c1ccccc1)C(C)(C)C)OC(C=C)OC. The summed E-state index contributed by atoms with van der Waals surface area (Å²) in [4.78, 5) is 0. The molecule has 4 heteroatoms. The van der Waals surface area contributed by atoms with Crippen molar-refractivity contribution in [3.8, 4) is 0 Å². The van der Waals surface area contributed by atoms with Gasteiger partial charge in [0, 0.05) is 13.7 Å². The molecule has 0 bridgehead atoms. The van der Waals surface area contributed by atoms with Gasteiger partial charge in [-0.15, -0.1) is 6.58 Å². The summed E-state index contributed by atoms with van der Waals surface area (Å²) in [7, 11) is -0.821. The van der Waals surface area contributed by atoms with Gasteiger partial charge in [0.25, 0.3) is 8.32 Å². The van der Waals surface area contributed by atoms with Crippen LogP contribution in [0.4, 0.5) is 0 Å². The van der Waals surface area contributed by atoms with Gasteiger partial charge >= 0.3 is 0 Å². The van der Waals surface area contributed by atoms with E-state index in [0.717, 1.165) is 32.3 Å². The van der Waals surface area contributed by atoms with E-state index in [1.807, 2.05) is 6.08 Å². The van der Waals surface area contributed by atoms with E-state index in [4.69, 9.17) is 13.9 Å². The van der Waals surface area contributed by atoms with Crippen molar-refractivity contribution < 1.29 is 13.9 Å². The molecule has 0 saturated carbocycles. The van der Waals surface area contributed by atoms with Crippen LogP contribution in [0.15, 0.2) is 86.0 Å². The average molecular weight is 481 g/mol. The molecule has 34 heavy (non-hydrogen) atoms. The van der Waals surface area contributed by atoms with Crippen LogP contribution in [0.25, 0.3) is 0 Å². The Morgan fingerprint density at radius 1 is 0.941 bits per heavy atom. The molecule has 0 aliphatic heterocycles. The van der Waals surface area contributed by atoms with Crippen LogP contribution in [0, 0.1) is 5.92 Å². The van der Waals surface area contributed by atoms with E-state index in [0.29, 0.717) is 5.92 Å². The number of hydrogen-bond donors (Lipinski definition) is 0. The molecule has 0 heterocycles. The fourth-order valence-electron chi connectivity index (χ4n) is 4.78. The Bertz CT molecular complexity index is 805. The standard InChI is InChI=1S/C30H44O3Si/c1-8-17-26(33-29(9-2)31-7)24-25(3)18-16-23-32-34(30(4,5)6,27-19-12-10-13-20-27)28-21-14-11-15-22-28/h8-15,19-22,25-26,29H,1-2,16-18,23-24H2,3-7H3/t25-,26-,29?/m0/s1. The summed E-state index contributed by atoms with van der Waals surface area (Å²) in [6, 6.07) is 21.7. The van der Waals surface area contributed by atoms with Gasteiger partial charge in [-0.3, -0.25) is 0 Å². The summed E-state index contributed by atoms with van der Waals surface area (Å²) in [5.74, 6) is 0.509. The minimum Gasteiger partial charge on any atom is -0.407 e. The van der Waals surface area contributed by atoms with E-state index in [1.165, 1.54) is 10.4 Å². The minimum absolute atomic E-state index is 0.00404. The Hall–Kier alpha value is -1.98. The normalized spacial score (nSPS) is 14.9. The Kier molecular flexibility index (Phi) is 11.5. The predicted molar refractivity (Wildman–Crippen MR) is 147 cm³/mol. The first-order chi connectivity index (χ1) is 16.3. The maximum Gasteiger partial charge on any atom is 0.261 e. The molecule has 2 aromatic rings. The van der Waals surface area contributed by atoms with Crippen molar-refractivity contribution in [2.45, 2.75) is 70.8 Å². The molecule has 3 atom stereocenters. The topological polar surface area (TPSA) is 27.7 Å². The highest BCUT2D eigenvalue weighted by Crippen LogP contribution is 2.37. The summed E-state index contributed by atoms with van der Waals surface area (Å²) in [5, 5.41) is 2.66. The molecule has 186 valence electrons. The molecule has 2 aromatic carbocycles. The first-order valence-electron chi connectivity index (χ1n) is 12.4. The van der Waals surface area contributed by atoms with Gasteiger partial charge in [-0.2, -0.15) is 0 Å². The molecular weight excluding hydrogens is 436 g/mol. The number of hydrogen-bond acceptors (Lipinski definition) is 3. The first kappa shape index (κ1) is 28.3. The lowest BCUT2D eigenvalue weighted by atomic mass is 9.97. The van der Waals surface area contributed by atoms with E-state index in [1.54, 1.807) is 13.2 Å². The molecule has 0 amide bonds. The summed E-state index contributed by atoms with van der Waals surface area (Å²) >= 11 is 0. The Balaban J connectivity index is 2.10. The van der Waals surface area contributed by atoms with Crippen LogP contribution in [-0.2, 0) is 13.9 Å². The van der Waals surface area contributed by atoms with Crippen molar-refractivity contribution in [3.63, 3.8) is 0 Å². The van der Waals surface area contributed by atoms with Crippen LogP contribution in [-0.4, -0.2) is 34.4 Å². The van der Waals surface area contributed by atoms with Gasteiger partial charge in [-0.05, 0) is 53.1 Å². The molecule has 0 aliphatic carbocycles. The van der Waals surface area contributed by atoms with Gasteiger partial charge in [0.15, 0.2) is 6.29 Å². The van der Waals surface area contributed by atoms with Gasteiger partial charge in [0.1, 0.15) is 0 Å². The molecule has 0 saturated heterocycles. The van der Waals surface area contributed by atoms with E-state index >= 15 is 0 Å². The van der Waals surface area contributed by atoms with Crippen LogP contribution in [0.5, 0.6) is 0 Å². The molecule has 3 nitrogen and oxygen atoms in total. The molecule has 1 unspecified atom stereocenters. The van der Waals surface area contributed by atoms with E-state index < -0.39 is 8.32 Å². The Labute approximate surface area is 209 Å². The lowest BCUT2D eigenvalue weighted by molar-refractivity contribution is -0.129. The zero-order chi connectivity index (χ0) is 25.0. The van der Waals surface area contributed by atoms with Gasteiger partial charge in [0.05, 0.1) is 6.10 Å². The number of rotatable bonds is 15. The fourth-order valence-corrected chi connectivity index (χ4v) is 9.38.